The van der Waals surface area contributed by atoms with Crippen LogP contribution in [0.3, 0.4) is 0 Å². The summed E-state index contributed by atoms with van der Waals surface area (Å²) in [6.45, 7) is 0. The van der Waals surface area contributed by atoms with Crippen molar-refractivity contribution in [1.82, 2.24) is 10.5 Å². The first-order valence-corrected chi connectivity index (χ1v) is 8.13. The quantitative estimate of drug-likeness (QED) is 0.912. The van der Waals surface area contributed by atoms with E-state index >= 15 is 0 Å². The van der Waals surface area contributed by atoms with Crippen molar-refractivity contribution in [3.8, 4) is 0 Å². The van der Waals surface area contributed by atoms with Crippen molar-refractivity contribution in [3.63, 3.8) is 0 Å². The van der Waals surface area contributed by atoms with Gasteiger partial charge >= 0.3 is 0 Å². The molecule has 2 aromatic rings. The van der Waals surface area contributed by atoms with E-state index in [1.165, 1.54) is 24.8 Å². The minimum Gasteiger partial charge on any atom is -0.360 e. The van der Waals surface area contributed by atoms with Gasteiger partial charge in [-0.1, -0.05) is 41.9 Å². The number of nitrogens with one attached hydrogen (secondary N) is 1. The van der Waals surface area contributed by atoms with Gasteiger partial charge in [0.15, 0.2) is 5.69 Å². The molecule has 1 heterocycles. The SMILES string of the molecule is O=C(NC(c1ccccc1)C1CCC1)c1cc(C2CC2)on1. The van der Waals surface area contributed by atoms with Gasteiger partial charge in [-0.3, -0.25) is 4.79 Å². The maximum atomic E-state index is 12.5. The van der Waals surface area contributed by atoms with Crippen LogP contribution in [0, 0.1) is 5.92 Å². The Bertz CT molecular complexity index is 657. The second-order valence-electron chi connectivity index (χ2n) is 6.44. The summed E-state index contributed by atoms with van der Waals surface area (Å²) in [5, 5.41) is 7.10. The van der Waals surface area contributed by atoms with Crippen molar-refractivity contribution >= 4 is 5.91 Å². The molecule has 1 aromatic carbocycles. The molecule has 4 rings (SSSR count). The molecule has 1 unspecified atom stereocenters. The van der Waals surface area contributed by atoms with Gasteiger partial charge in [-0.2, -0.15) is 0 Å². The van der Waals surface area contributed by atoms with E-state index < -0.39 is 0 Å². The molecule has 2 fully saturated rings. The van der Waals surface area contributed by atoms with E-state index in [0.717, 1.165) is 18.6 Å². The van der Waals surface area contributed by atoms with Gasteiger partial charge in [0.05, 0.1) is 6.04 Å². The predicted molar refractivity (Wildman–Crippen MR) is 82.5 cm³/mol. The summed E-state index contributed by atoms with van der Waals surface area (Å²) in [6.07, 6.45) is 5.88. The number of aromatic nitrogens is 1. The molecule has 2 aliphatic carbocycles. The summed E-state index contributed by atoms with van der Waals surface area (Å²) in [6, 6.07) is 12.1. The number of hydrogen-bond acceptors (Lipinski definition) is 3. The van der Waals surface area contributed by atoms with E-state index in [9.17, 15) is 4.79 Å². The molecule has 1 amide bonds. The van der Waals surface area contributed by atoms with Gasteiger partial charge in [-0.15, -0.1) is 0 Å². The van der Waals surface area contributed by atoms with E-state index in [1.54, 1.807) is 6.07 Å². The number of benzene rings is 1. The van der Waals surface area contributed by atoms with Crippen LogP contribution in [0.25, 0.3) is 0 Å². The zero-order chi connectivity index (χ0) is 14.9. The summed E-state index contributed by atoms with van der Waals surface area (Å²) in [7, 11) is 0. The second kappa shape index (κ2) is 5.59. The molecule has 0 spiro atoms. The molecule has 0 saturated heterocycles. The topological polar surface area (TPSA) is 55.1 Å². The Labute approximate surface area is 129 Å². The molecule has 0 aliphatic heterocycles. The van der Waals surface area contributed by atoms with E-state index in [4.69, 9.17) is 4.52 Å². The number of amides is 1. The Morgan fingerprint density at radius 1 is 1.18 bits per heavy atom. The minimum atomic E-state index is -0.128. The summed E-state index contributed by atoms with van der Waals surface area (Å²) in [4.78, 5) is 12.5. The molecule has 1 aromatic heterocycles. The van der Waals surface area contributed by atoms with Crippen LogP contribution in [0.5, 0.6) is 0 Å². The third-order valence-corrected chi connectivity index (χ3v) is 4.81. The third-order valence-electron chi connectivity index (χ3n) is 4.81. The zero-order valence-electron chi connectivity index (χ0n) is 12.5. The lowest BCUT2D eigenvalue weighted by atomic mass is 9.77. The molecular formula is C18H20N2O2. The molecule has 22 heavy (non-hydrogen) atoms. The maximum Gasteiger partial charge on any atom is 0.273 e. The molecule has 2 saturated carbocycles. The van der Waals surface area contributed by atoms with Crippen molar-refractivity contribution in [3.05, 3.63) is 53.4 Å². The fourth-order valence-electron chi connectivity index (χ4n) is 3.08. The molecule has 2 aliphatic rings. The van der Waals surface area contributed by atoms with Crippen molar-refractivity contribution in [1.29, 1.82) is 0 Å². The highest BCUT2D eigenvalue weighted by Crippen LogP contribution is 2.40. The van der Waals surface area contributed by atoms with Crippen LogP contribution in [0.2, 0.25) is 0 Å². The highest BCUT2D eigenvalue weighted by molar-refractivity contribution is 5.92. The van der Waals surface area contributed by atoms with Crippen LogP contribution >= 0.6 is 0 Å². The van der Waals surface area contributed by atoms with E-state index in [0.29, 0.717) is 17.5 Å². The number of rotatable bonds is 5. The smallest absolute Gasteiger partial charge is 0.273 e. The van der Waals surface area contributed by atoms with Crippen LogP contribution in [0.1, 0.15) is 65.9 Å². The predicted octanol–water partition coefficient (Wildman–Crippen LogP) is 3.82. The number of carbonyl (C=O) groups is 1. The van der Waals surface area contributed by atoms with Gasteiger partial charge in [0.2, 0.25) is 0 Å². The largest absolute Gasteiger partial charge is 0.360 e. The fourth-order valence-corrected chi connectivity index (χ4v) is 3.08. The standard InChI is InChI=1S/C18H20N2O2/c21-18(15-11-16(22-20-15)12-9-10-12)19-17(14-7-4-8-14)13-5-2-1-3-6-13/h1-3,5-6,11-12,14,17H,4,7-10H2,(H,19,21). The first-order valence-electron chi connectivity index (χ1n) is 8.13. The number of carbonyl (C=O) groups excluding carboxylic acids is 1. The molecular weight excluding hydrogens is 276 g/mol. The monoisotopic (exact) mass is 296 g/mol. The molecule has 4 heteroatoms. The average Bonchev–Trinajstić information content (AvgIpc) is 3.23. The van der Waals surface area contributed by atoms with Crippen LogP contribution < -0.4 is 5.32 Å². The van der Waals surface area contributed by atoms with Crippen LogP contribution in [0.4, 0.5) is 0 Å². The van der Waals surface area contributed by atoms with Gasteiger partial charge in [0, 0.05) is 12.0 Å². The Hall–Kier alpha value is -2.10. The normalized spacial score (nSPS) is 19.5. The maximum absolute atomic E-state index is 12.5. The Morgan fingerprint density at radius 2 is 1.95 bits per heavy atom. The summed E-state index contributed by atoms with van der Waals surface area (Å²) >= 11 is 0. The molecule has 0 radical (unpaired) electrons. The van der Waals surface area contributed by atoms with Gasteiger partial charge in [0.1, 0.15) is 5.76 Å². The van der Waals surface area contributed by atoms with Crippen molar-refractivity contribution < 1.29 is 9.32 Å². The first-order chi connectivity index (χ1) is 10.8. The minimum absolute atomic E-state index is 0.0727. The lowest BCUT2D eigenvalue weighted by Crippen LogP contribution is -2.36. The van der Waals surface area contributed by atoms with Gasteiger partial charge in [0.25, 0.3) is 5.91 Å². The molecule has 0 bridgehead atoms. The van der Waals surface area contributed by atoms with Crippen LogP contribution in [0.15, 0.2) is 40.9 Å². The highest BCUT2D eigenvalue weighted by Gasteiger charge is 2.32. The Morgan fingerprint density at radius 3 is 2.59 bits per heavy atom. The van der Waals surface area contributed by atoms with E-state index in [-0.39, 0.29) is 11.9 Å². The Balaban J connectivity index is 1.51. The van der Waals surface area contributed by atoms with E-state index in [1.807, 2.05) is 18.2 Å². The van der Waals surface area contributed by atoms with Crippen LogP contribution in [-0.2, 0) is 0 Å². The number of nitrogens with zero attached hydrogens (tertiary/aromatic N) is 1. The number of hydrogen-bond donors (Lipinski definition) is 1. The molecule has 1 atom stereocenters. The highest BCUT2D eigenvalue weighted by atomic mass is 16.5. The van der Waals surface area contributed by atoms with Gasteiger partial charge in [-0.05, 0) is 37.2 Å². The fraction of sp³-hybridized carbons (Fsp3) is 0.444. The van der Waals surface area contributed by atoms with E-state index in [2.05, 4.69) is 22.6 Å². The van der Waals surface area contributed by atoms with Crippen molar-refractivity contribution in [2.75, 3.05) is 0 Å². The average molecular weight is 296 g/mol. The molecule has 1 N–H and O–H groups in total. The molecule has 114 valence electrons. The summed E-state index contributed by atoms with van der Waals surface area (Å²) in [5.41, 5.74) is 1.58. The second-order valence-corrected chi connectivity index (χ2v) is 6.44. The third kappa shape index (κ3) is 2.65. The lowest BCUT2D eigenvalue weighted by molar-refractivity contribution is 0.0891. The summed E-state index contributed by atoms with van der Waals surface area (Å²) in [5.74, 6) is 1.73. The van der Waals surface area contributed by atoms with Gasteiger partial charge < -0.3 is 9.84 Å². The van der Waals surface area contributed by atoms with Crippen LogP contribution in [-0.4, -0.2) is 11.1 Å². The van der Waals surface area contributed by atoms with Gasteiger partial charge in [-0.25, -0.2) is 0 Å². The summed E-state index contributed by atoms with van der Waals surface area (Å²) < 4.78 is 5.29. The van der Waals surface area contributed by atoms with Crippen molar-refractivity contribution in [2.24, 2.45) is 5.92 Å². The molecule has 4 nitrogen and oxygen atoms in total. The lowest BCUT2D eigenvalue weighted by Gasteiger charge is -2.34. The Kier molecular flexibility index (Phi) is 3.45. The first kappa shape index (κ1) is 13.6. The zero-order valence-corrected chi connectivity index (χ0v) is 12.5. The van der Waals surface area contributed by atoms with Crippen molar-refractivity contribution in [2.45, 2.75) is 44.1 Å².